The van der Waals surface area contributed by atoms with Crippen LogP contribution >= 0.6 is 11.8 Å². The van der Waals surface area contributed by atoms with Crippen molar-refractivity contribution in [2.75, 3.05) is 11.6 Å². The van der Waals surface area contributed by atoms with E-state index in [4.69, 9.17) is 0 Å². The van der Waals surface area contributed by atoms with E-state index in [9.17, 15) is 29.7 Å². The number of carbonyl (C=O) groups is 3. The molecule has 3 atom stereocenters. The number of amides is 3. The van der Waals surface area contributed by atoms with Gasteiger partial charge in [0.15, 0.2) is 6.10 Å². The van der Waals surface area contributed by atoms with Crippen molar-refractivity contribution in [3.63, 3.8) is 0 Å². The summed E-state index contributed by atoms with van der Waals surface area (Å²) in [5.41, 5.74) is 0.273. The van der Waals surface area contributed by atoms with E-state index in [1.165, 1.54) is 28.8 Å². The summed E-state index contributed by atoms with van der Waals surface area (Å²) in [6.45, 7) is 5.54. The molecule has 3 rings (SSSR count). The van der Waals surface area contributed by atoms with Crippen LogP contribution in [0.1, 0.15) is 36.7 Å². The lowest BCUT2D eigenvalue weighted by molar-refractivity contribution is -0.146. The fraction of sp³-hybridized carbons (Fsp3) is 0.400. The Bertz CT molecular complexity index is 1050. The Morgan fingerprint density at radius 1 is 1.09 bits per heavy atom. The minimum absolute atomic E-state index is 0.0284. The highest BCUT2D eigenvalue weighted by Crippen LogP contribution is 2.24. The van der Waals surface area contributed by atoms with Gasteiger partial charge in [0.2, 0.25) is 5.91 Å². The third kappa shape index (κ3) is 7.12. The molecule has 188 valence electrons. The maximum Gasteiger partial charge on any atom is 0.254 e. The second-order valence-electron chi connectivity index (χ2n) is 9.52. The van der Waals surface area contributed by atoms with Gasteiger partial charge in [0.1, 0.15) is 17.5 Å². The predicted molar refractivity (Wildman–Crippen MR) is 133 cm³/mol. The minimum Gasteiger partial charge on any atom is -0.508 e. The Hall–Kier alpha value is -3.24. The summed E-state index contributed by atoms with van der Waals surface area (Å²) in [6.07, 6.45) is -1.49. The molecule has 2 aromatic carbocycles. The van der Waals surface area contributed by atoms with Crippen molar-refractivity contribution >= 4 is 29.5 Å². The molecule has 0 saturated carbocycles. The summed E-state index contributed by atoms with van der Waals surface area (Å²) in [5.74, 6) is -1.60. The number of benzene rings is 2. The Morgan fingerprint density at radius 2 is 1.71 bits per heavy atom. The Morgan fingerprint density at radius 3 is 2.31 bits per heavy atom. The van der Waals surface area contributed by atoms with E-state index in [1.807, 2.05) is 39.0 Å². The van der Waals surface area contributed by atoms with Crippen molar-refractivity contribution in [2.24, 2.45) is 0 Å². The molecule has 1 fully saturated rings. The van der Waals surface area contributed by atoms with Crippen LogP contribution in [0.25, 0.3) is 0 Å². The fourth-order valence-electron chi connectivity index (χ4n) is 3.76. The average Bonchev–Trinajstić information content (AvgIpc) is 3.27. The average molecular weight is 502 g/mol. The number of hydrogen-bond acceptors (Lipinski definition) is 7. The van der Waals surface area contributed by atoms with E-state index in [0.717, 1.165) is 11.6 Å². The molecule has 1 unspecified atom stereocenters. The van der Waals surface area contributed by atoms with Gasteiger partial charge in [-0.25, -0.2) is 0 Å². The van der Waals surface area contributed by atoms with Crippen LogP contribution in [0.3, 0.4) is 0 Å². The maximum absolute atomic E-state index is 13.3. The molecule has 5 N–H and O–H groups in total. The SMILES string of the molecule is CC(C)(C)NC(=O)C1CSCN1C(=O)[C@@H](O)[C@H](Cc1ccccc1)NC(=O)c1cc(O)cc(O)c1. The van der Waals surface area contributed by atoms with Crippen LogP contribution in [-0.4, -0.2) is 73.3 Å². The lowest BCUT2D eigenvalue weighted by atomic mass is 9.99. The van der Waals surface area contributed by atoms with E-state index in [1.54, 1.807) is 12.1 Å². The number of hydrogen-bond donors (Lipinski definition) is 5. The smallest absolute Gasteiger partial charge is 0.254 e. The number of aromatic hydroxyl groups is 2. The van der Waals surface area contributed by atoms with Gasteiger partial charge in [-0.05, 0) is 44.9 Å². The highest BCUT2D eigenvalue weighted by Gasteiger charge is 2.40. The van der Waals surface area contributed by atoms with Crippen LogP contribution in [0.15, 0.2) is 48.5 Å². The van der Waals surface area contributed by atoms with Gasteiger partial charge in [-0.3, -0.25) is 14.4 Å². The number of phenols is 2. The van der Waals surface area contributed by atoms with Crippen LogP contribution in [0.4, 0.5) is 0 Å². The first-order valence-electron chi connectivity index (χ1n) is 11.2. The van der Waals surface area contributed by atoms with E-state index in [0.29, 0.717) is 5.75 Å². The van der Waals surface area contributed by atoms with Crippen LogP contribution in [0.2, 0.25) is 0 Å². The van der Waals surface area contributed by atoms with E-state index in [-0.39, 0.29) is 35.3 Å². The quantitative estimate of drug-likeness (QED) is 0.388. The summed E-state index contributed by atoms with van der Waals surface area (Å²) in [5, 5.41) is 36.1. The number of phenolic OH excluding ortho intramolecular Hbond substituents is 2. The van der Waals surface area contributed by atoms with Crippen molar-refractivity contribution in [1.29, 1.82) is 0 Å². The summed E-state index contributed by atoms with van der Waals surface area (Å²) >= 11 is 1.41. The molecule has 0 spiro atoms. The topological polar surface area (TPSA) is 139 Å². The molecule has 1 aliphatic rings. The first-order chi connectivity index (χ1) is 16.4. The van der Waals surface area contributed by atoms with E-state index >= 15 is 0 Å². The van der Waals surface area contributed by atoms with Crippen molar-refractivity contribution in [1.82, 2.24) is 15.5 Å². The molecule has 9 nitrogen and oxygen atoms in total. The van der Waals surface area contributed by atoms with Crippen molar-refractivity contribution in [2.45, 2.75) is 50.9 Å². The largest absolute Gasteiger partial charge is 0.508 e. The van der Waals surface area contributed by atoms with Gasteiger partial charge >= 0.3 is 0 Å². The first-order valence-corrected chi connectivity index (χ1v) is 12.4. The number of rotatable bonds is 7. The molecule has 0 bridgehead atoms. The van der Waals surface area contributed by atoms with Crippen molar-refractivity contribution < 1.29 is 29.7 Å². The monoisotopic (exact) mass is 501 g/mol. The molecule has 35 heavy (non-hydrogen) atoms. The second-order valence-corrected chi connectivity index (χ2v) is 10.5. The summed E-state index contributed by atoms with van der Waals surface area (Å²) < 4.78 is 0. The number of aliphatic hydroxyl groups is 1. The zero-order valence-corrected chi connectivity index (χ0v) is 20.7. The third-order valence-corrected chi connectivity index (χ3v) is 6.39. The molecule has 0 aliphatic carbocycles. The molecule has 3 amide bonds. The maximum atomic E-state index is 13.3. The first kappa shape index (κ1) is 26.4. The highest BCUT2D eigenvalue weighted by molar-refractivity contribution is 7.99. The molecule has 0 radical (unpaired) electrons. The molecule has 1 saturated heterocycles. The lowest BCUT2D eigenvalue weighted by Crippen LogP contribution is -2.57. The molecule has 10 heteroatoms. The number of nitrogens with one attached hydrogen (secondary N) is 2. The number of carbonyl (C=O) groups excluding carboxylic acids is 3. The molecular formula is C25H31N3O6S. The number of aliphatic hydroxyl groups excluding tert-OH is 1. The highest BCUT2D eigenvalue weighted by atomic mass is 32.2. The van der Waals surface area contributed by atoms with Crippen LogP contribution in [0.5, 0.6) is 11.5 Å². The normalized spacial score (nSPS) is 17.5. The van der Waals surface area contributed by atoms with Crippen molar-refractivity contribution in [3.8, 4) is 11.5 Å². The van der Waals surface area contributed by atoms with Crippen LogP contribution < -0.4 is 10.6 Å². The Balaban J connectivity index is 1.82. The zero-order chi connectivity index (χ0) is 25.8. The van der Waals surface area contributed by atoms with Gasteiger partial charge < -0.3 is 30.9 Å². The Labute approximate surface area is 208 Å². The van der Waals surface area contributed by atoms with Crippen molar-refractivity contribution in [3.05, 3.63) is 59.7 Å². The van der Waals surface area contributed by atoms with Crippen LogP contribution in [-0.2, 0) is 16.0 Å². The molecular weight excluding hydrogens is 470 g/mol. The molecule has 1 heterocycles. The standard InChI is InChI=1S/C25H31N3O6S/c1-25(2,3)27-23(33)20-13-35-14-28(20)24(34)21(31)19(9-15-7-5-4-6-8-15)26-22(32)16-10-17(29)12-18(30)11-16/h4-8,10-12,19-21,29-31H,9,13-14H2,1-3H3,(H,26,32)(H,27,33)/t19-,20?,21-/m0/s1. The van der Waals surface area contributed by atoms with Gasteiger partial charge in [0.05, 0.1) is 11.9 Å². The van der Waals surface area contributed by atoms with Gasteiger partial charge in [-0.15, -0.1) is 11.8 Å². The number of nitrogens with zero attached hydrogens (tertiary/aromatic N) is 1. The molecule has 2 aromatic rings. The summed E-state index contributed by atoms with van der Waals surface area (Å²) in [6, 6.07) is 10.7. The lowest BCUT2D eigenvalue weighted by Gasteiger charge is -2.31. The summed E-state index contributed by atoms with van der Waals surface area (Å²) in [7, 11) is 0. The van der Waals surface area contributed by atoms with Crippen LogP contribution in [0, 0.1) is 0 Å². The molecule has 0 aromatic heterocycles. The third-order valence-electron chi connectivity index (χ3n) is 5.38. The Kier molecular flexibility index (Phi) is 8.29. The van der Waals surface area contributed by atoms with Gasteiger partial charge in [-0.2, -0.15) is 0 Å². The van der Waals surface area contributed by atoms with Gasteiger partial charge in [0, 0.05) is 22.9 Å². The second kappa shape index (κ2) is 11.0. The predicted octanol–water partition coefficient (Wildman–Crippen LogP) is 1.62. The zero-order valence-electron chi connectivity index (χ0n) is 19.9. The van der Waals surface area contributed by atoms with Gasteiger partial charge in [0.25, 0.3) is 11.8 Å². The van der Waals surface area contributed by atoms with E-state index < -0.39 is 35.5 Å². The number of thioether (sulfide) groups is 1. The minimum atomic E-state index is -1.63. The summed E-state index contributed by atoms with van der Waals surface area (Å²) in [4.78, 5) is 40.3. The van der Waals surface area contributed by atoms with Gasteiger partial charge in [-0.1, -0.05) is 30.3 Å². The molecule has 1 aliphatic heterocycles. The van der Waals surface area contributed by atoms with E-state index in [2.05, 4.69) is 10.6 Å². The fourth-order valence-corrected chi connectivity index (χ4v) is 4.92.